The van der Waals surface area contributed by atoms with Gasteiger partial charge < -0.3 is 5.73 Å². The number of imidazole rings is 1. The van der Waals surface area contributed by atoms with Crippen LogP contribution in [0.25, 0.3) is 16.7 Å². The molecule has 0 fully saturated rings. The first-order valence-corrected chi connectivity index (χ1v) is 6.98. The smallest absolute Gasteiger partial charge is 0.205 e. The van der Waals surface area contributed by atoms with Gasteiger partial charge in [0.1, 0.15) is 5.82 Å². The summed E-state index contributed by atoms with van der Waals surface area (Å²) in [5.41, 5.74) is 9.94. The average molecular weight is 334 g/mol. The third-order valence-electron chi connectivity index (χ3n) is 3.37. The van der Waals surface area contributed by atoms with Crippen LogP contribution in [0.1, 0.15) is 11.1 Å². The van der Waals surface area contributed by atoms with E-state index in [0.29, 0.717) is 17.0 Å². The second-order valence-electron chi connectivity index (χ2n) is 4.80. The number of halogens is 2. The molecule has 5 heteroatoms. The van der Waals surface area contributed by atoms with Crippen LogP contribution in [0.4, 0.5) is 10.3 Å². The van der Waals surface area contributed by atoms with Crippen LogP contribution in [0.2, 0.25) is 0 Å². The molecule has 0 atom stereocenters. The Hall–Kier alpha value is -1.88. The molecule has 3 rings (SSSR count). The Morgan fingerprint density at radius 1 is 1.20 bits per heavy atom. The zero-order chi connectivity index (χ0) is 14.4. The highest BCUT2D eigenvalue weighted by atomic mass is 79.9. The topological polar surface area (TPSA) is 43.8 Å². The lowest BCUT2D eigenvalue weighted by molar-refractivity contribution is 0.620. The van der Waals surface area contributed by atoms with Crippen molar-refractivity contribution in [2.75, 3.05) is 5.73 Å². The molecule has 0 saturated carbocycles. The van der Waals surface area contributed by atoms with Crippen molar-refractivity contribution in [1.82, 2.24) is 9.55 Å². The lowest BCUT2D eigenvalue weighted by Crippen LogP contribution is -2.02. The van der Waals surface area contributed by atoms with E-state index in [1.54, 1.807) is 13.0 Å². The fraction of sp³-hybridized carbons (Fsp3) is 0.133. The molecule has 0 unspecified atom stereocenters. The number of nitrogens with two attached hydrogens (primary N) is 1. The first-order valence-electron chi connectivity index (χ1n) is 6.18. The van der Waals surface area contributed by atoms with E-state index in [2.05, 4.69) is 20.9 Å². The normalized spacial score (nSPS) is 11.2. The number of nitrogen functional groups attached to an aromatic ring is 1. The summed E-state index contributed by atoms with van der Waals surface area (Å²) in [5, 5.41) is 0. The van der Waals surface area contributed by atoms with Crippen LogP contribution in [0.15, 0.2) is 34.8 Å². The van der Waals surface area contributed by atoms with Gasteiger partial charge in [-0.15, -0.1) is 0 Å². The third kappa shape index (κ3) is 1.89. The maximum Gasteiger partial charge on any atom is 0.205 e. The van der Waals surface area contributed by atoms with Crippen molar-refractivity contribution >= 4 is 32.9 Å². The molecule has 3 aromatic rings. The minimum Gasteiger partial charge on any atom is -0.369 e. The molecule has 0 bridgehead atoms. The molecule has 0 radical (unpaired) electrons. The molecule has 2 N–H and O–H groups in total. The van der Waals surface area contributed by atoms with Crippen LogP contribution in [0.3, 0.4) is 0 Å². The van der Waals surface area contributed by atoms with E-state index in [9.17, 15) is 4.39 Å². The van der Waals surface area contributed by atoms with Gasteiger partial charge in [-0.05, 0) is 53.0 Å². The van der Waals surface area contributed by atoms with Gasteiger partial charge in [0, 0.05) is 10.5 Å². The van der Waals surface area contributed by atoms with Crippen molar-refractivity contribution in [3.63, 3.8) is 0 Å². The number of hydrogen-bond donors (Lipinski definition) is 1. The Balaban J connectivity index is 2.39. The lowest BCUT2D eigenvalue weighted by atomic mass is 10.2. The summed E-state index contributed by atoms with van der Waals surface area (Å²) >= 11 is 3.58. The van der Waals surface area contributed by atoms with E-state index in [1.807, 2.05) is 29.7 Å². The first kappa shape index (κ1) is 13.1. The van der Waals surface area contributed by atoms with E-state index < -0.39 is 0 Å². The first-order chi connectivity index (χ1) is 9.49. The van der Waals surface area contributed by atoms with Crippen molar-refractivity contribution in [2.24, 2.45) is 0 Å². The van der Waals surface area contributed by atoms with Crippen LogP contribution in [-0.2, 0) is 0 Å². The van der Waals surface area contributed by atoms with Crippen molar-refractivity contribution in [2.45, 2.75) is 13.8 Å². The molecule has 3 nitrogen and oxygen atoms in total. The molecule has 0 aliphatic carbocycles. The molecule has 0 saturated heterocycles. The van der Waals surface area contributed by atoms with Crippen molar-refractivity contribution in [3.05, 3.63) is 51.7 Å². The summed E-state index contributed by atoms with van der Waals surface area (Å²) in [4.78, 5) is 4.24. The summed E-state index contributed by atoms with van der Waals surface area (Å²) in [6.07, 6.45) is 0. The number of nitrogens with zero attached hydrogens (tertiary/aromatic N) is 2. The third-order valence-corrected chi connectivity index (χ3v) is 4.40. The van der Waals surface area contributed by atoms with Crippen LogP contribution >= 0.6 is 15.9 Å². The number of aryl methyl sites for hydroxylation is 2. The van der Waals surface area contributed by atoms with Gasteiger partial charge in [0.15, 0.2) is 0 Å². The van der Waals surface area contributed by atoms with Crippen LogP contribution < -0.4 is 5.73 Å². The Kier molecular flexibility index (Phi) is 3.01. The molecule has 0 aliphatic rings. The molecule has 2 aromatic carbocycles. The lowest BCUT2D eigenvalue weighted by Gasteiger charge is -2.11. The highest BCUT2D eigenvalue weighted by molar-refractivity contribution is 9.10. The Bertz CT molecular complexity index is 824. The number of anilines is 1. The predicted octanol–water partition coefficient (Wildman–Crippen LogP) is 4.13. The van der Waals surface area contributed by atoms with Crippen molar-refractivity contribution < 1.29 is 4.39 Å². The van der Waals surface area contributed by atoms with Crippen molar-refractivity contribution in [1.29, 1.82) is 0 Å². The molecule has 0 spiro atoms. The zero-order valence-corrected chi connectivity index (χ0v) is 12.7. The quantitative estimate of drug-likeness (QED) is 0.727. The Morgan fingerprint density at radius 2 is 1.95 bits per heavy atom. The summed E-state index contributed by atoms with van der Waals surface area (Å²) < 4.78 is 16.4. The molecule has 102 valence electrons. The summed E-state index contributed by atoms with van der Waals surface area (Å²) in [7, 11) is 0. The largest absolute Gasteiger partial charge is 0.369 e. The molecular weight excluding hydrogens is 321 g/mol. The van der Waals surface area contributed by atoms with Gasteiger partial charge in [0.25, 0.3) is 0 Å². The van der Waals surface area contributed by atoms with Gasteiger partial charge in [-0.3, -0.25) is 4.57 Å². The van der Waals surface area contributed by atoms with E-state index >= 15 is 0 Å². The molecular formula is C15H13BrFN3. The van der Waals surface area contributed by atoms with Crippen LogP contribution in [0, 0.1) is 19.7 Å². The number of rotatable bonds is 1. The highest BCUT2D eigenvalue weighted by Gasteiger charge is 2.15. The summed E-state index contributed by atoms with van der Waals surface area (Å²) in [6, 6.07) is 9.10. The zero-order valence-electron chi connectivity index (χ0n) is 11.1. The average Bonchev–Trinajstić information content (AvgIpc) is 2.69. The monoisotopic (exact) mass is 333 g/mol. The molecule has 0 amide bonds. The number of benzene rings is 2. The molecule has 1 aromatic heterocycles. The van der Waals surface area contributed by atoms with Gasteiger partial charge in [-0.1, -0.05) is 12.1 Å². The van der Waals surface area contributed by atoms with Gasteiger partial charge in [-0.25, -0.2) is 9.37 Å². The number of fused-ring (bicyclic) bond motifs is 1. The standard InChI is InChI=1S/C15H13BrFN3/c1-8-4-3-5-12(14(8)16)20-13-6-9(2)10(17)7-11(13)19-15(20)18/h3-7H,1-2H3,(H2,18,19). The summed E-state index contributed by atoms with van der Waals surface area (Å²) in [5.74, 6) is 0.0711. The van der Waals surface area contributed by atoms with Crippen molar-refractivity contribution in [3.8, 4) is 5.69 Å². The van der Waals surface area contributed by atoms with E-state index in [4.69, 9.17) is 5.73 Å². The highest BCUT2D eigenvalue weighted by Crippen LogP contribution is 2.31. The van der Waals surface area contributed by atoms with Crippen LogP contribution in [0.5, 0.6) is 0 Å². The minimum atomic E-state index is -0.273. The fourth-order valence-corrected chi connectivity index (χ4v) is 2.72. The number of hydrogen-bond acceptors (Lipinski definition) is 2. The van der Waals surface area contributed by atoms with Crippen LogP contribution in [-0.4, -0.2) is 9.55 Å². The van der Waals surface area contributed by atoms with E-state index in [-0.39, 0.29) is 5.82 Å². The van der Waals surface area contributed by atoms with Gasteiger partial charge >= 0.3 is 0 Å². The second kappa shape index (κ2) is 4.59. The SMILES string of the molecule is Cc1cc2c(cc1F)nc(N)n2-c1cccc(C)c1Br. The minimum absolute atomic E-state index is 0.273. The molecule has 0 aliphatic heterocycles. The fourth-order valence-electron chi connectivity index (χ4n) is 2.28. The van der Waals surface area contributed by atoms with Gasteiger partial charge in [-0.2, -0.15) is 0 Å². The summed E-state index contributed by atoms with van der Waals surface area (Å²) in [6.45, 7) is 3.74. The predicted molar refractivity (Wildman–Crippen MR) is 82.6 cm³/mol. The Morgan fingerprint density at radius 3 is 2.70 bits per heavy atom. The van der Waals surface area contributed by atoms with E-state index in [1.165, 1.54) is 6.07 Å². The molecule has 1 heterocycles. The Labute approximate surface area is 124 Å². The van der Waals surface area contributed by atoms with E-state index in [0.717, 1.165) is 21.2 Å². The number of aromatic nitrogens is 2. The van der Waals surface area contributed by atoms with Gasteiger partial charge in [0.05, 0.1) is 16.7 Å². The molecule has 20 heavy (non-hydrogen) atoms. The maximum atomic E-state index is 13.6. The maximum absolute atomic E-state index is 13.6. The second-order valence-corrected chi connectivity index (χ2v) is 5.60. The van der Waals surface area contributed by atoms with Gasteiger partial charge in [0.2, 0.25) is 5.95 Å².